The Hall–Kier alpha value is -1.54. The van der Waals surface area contributed by atoms with Crippen molar-refractivity contribution in [1.82, 2.24) is 0 Å². The van der Waals surface area contributed by atoms with Crippen LogP contribution in [0, 0.1) is 18.6 Å². The summed E-state index contributed by atoms with van der Waals surface area (Å²) in [6, 6.07) is 2.42. The Bertz CT molecular complexity index is 411. The summed E-state index contributed by atoms with van der Waals surface area (Å²) in [6.45, 7) is 4.50. The fourth-order valence-electron chi connectivity index (χ4n) is 1.45. The van der Waals surface area contributed by atoms with Gasteiger partial charge in [-0.3, -0.25) is 0 Å². The predicted octanol–water partition coefficient (Wildman–Crippen LogP) is 2.84. The van der Waals surface area contributed by atoms with Crippen molar-refractivity contribution < 1.29 is 13.6 Å². The number of halogens is 2. The molecular weight excluding hydrogens is 200 g/mol. The van der Waals surface area contributed by atoms with Crippen LogP contribution in [0.3, 0.4) is 0 Å². The van der Waals surface area contributed by atoms with Crippen molar-refractivity contribution in [2.75, 3.05) is 0 Å². The average Bonchev–Trinajstić information content (AvgIpc) is 1.99. The zero-order valence-electron chi connectivity index (χ0n) is 8.77. The van der Waals surface area contributed by atoms with E-state index in [-0.39, 0.29) is 5.56 Å². The van der Waals surface area contributed by atoms with Gasteiger partial charge in [0.2, 0.25) is 6.08 Å². The fourth-order valence-corrected chi connectivity index (χ4v) is 1.45. The largest absolute Gasteiger partial charge is 0.235 e. The maximum atomic E-state index is 13.5. The molecule has 0 radical (unpaired) electrons. The predicted molar refractivity (Wildman–Crippen MR) is 52.2 cm³/mol. The molecule has 0 N–H and O–H groups in total. The van der Waals surface area contributed by atoms with Gasteiger partial charge in [0.15, 0.2) is 0 Å². The highest BCUT2D eigenvalue weighted by Crippen LogP contribution is 2.29. The Morgan fingerprint density at radius 2 is 1.73 bits per heavy atom. The molecule has 0 atom stereocenters. The Balaban J connectivity index is 3.43. The highest BCUT2D eigenvalue weighted by molar-refractivity contribution is 5.39. The van der Waals surface area contributed by atoms with Gasteiger partial charge in [0, 0.05) is 0 Å². The first-order chi connectivity index (χ1) is 6.88. The van der Waals surface area contributed by atoms with E-state index in [4.69, 9.17) is 0 Å². The number of aryl methyl sites for hydroxylation is 1. The number of isocyanates is 1. The standard InChI is InChI=1S/C11H11F2NO/c1-7-4-8(12)10(9(13)5-7)11(2,3)14-6-15/h4-5H,1-3H3. The molecule has 0 fully saturated rings. The Morgan fingerprint density at radius 1 is 1.27 bits per heavy atom. The maximum Gasteiger partial charge on any atom is 0.235 e. The molecule has 2 nitrogen and oxygen atoms in total. The number of hydrogen-bond donors (Lipinski definition) is 0. The third kappa shape index (κ3) is 2.28. The van der Waals surface area contributed by atoms with Crippen LogP contribution in [-0.2, 0) is 10.3 Å². The molecule has 1 aromatic rings. The summed E-state index contributed by atoms with van der Waals surface area (Å²) in [7, 11) is 0. The van der Waals surface area contributed by atoms with Crippen LogP contribution < -0.4 is 0 Å². The molecule has 0 heterocycles. The van der Waals surface area contributed by atoms with Crippen molar-refractivity contribution in [1.29, 1.82) is 0 Å². The zero-order chi connectivity index (χ0) is 11.6. The molecule has 1 rings (SSSR count). The maximum absolute atomic E-state index is 13.5. The highest BCUT2D eigenvalue weighted by Gasteiger charge is 2.27. The summed E-state index contributed by atoms with van der Waals surface area (Å²) in [5.74, 6) is -1.40. The lowest BCUT2D eigenvalue weighted by Gasteiger charge is -2.19. The van der Waals surface area contributed by atoms with Crippen LogP contribution in [0.4, 0.5) is 8.78 Å². The summed E-state index contributed by atoms with van der Waals surface area (Å²) in [5.41, 5.74) is -0.958. The molecule has 0 aliphatic heterocycles. The second-order valence-electron chi connectivity index (χ2n) is 3.87. The molecule has 1 aromatic carbocycles. The summed E-state index contributed by atoms with van der Waals surface area (Å²) < 4.78 is 27.0. The van der Waals surface area contributed by atoms with Crippen LogP contribution in [0.2, 0.25) is 0 Å². The molecule has 80 valence electrons. The zero-order valence-corrected chi connectivity index (χ0v) is 8.77. The molecule has 4 heteroatoms. The average molecular weight is 211 g/mol. The van der Waals surface area contributed by atoms with Crippen LogP contribution in [0.15, 0.2) is 17.1 Å². The van der Waals surface area contributed by atoms with Gasteiger partial charge in [0.05, 0.1) is 11.1 Å². The van der Waals surface area contributed by atoms with E-state index in [0.717, 1.165) is 0 Å². The minimum Gasteiger partial charge on any atom is -0.211 e. The summed E-state index contributed by atoms with van der Waals surface area (Å²) in [5, 5.41) is 0. The van der Waals surface area contributed by atoms with Crippen LogP contribution >= 0.6 is 0 Å². The molecule has 0 aliphatic carbocycles. The van der Waals surface area contributed by atoms with E-state index in [2.05, 4.69) is 4.99 Å². The van der Waals surface area contributed by atoms with Gasteiger partial charge in [-0.2, -0.15) is 4.99 Å². The third-order valence-corrected chi connectivity index (χ3v) is 2.12. The molecule has 0 bridgehead atoms. The monoisotopic (exact) mass is 211 g/mol. The SMILES string of the molecule is Cc1cc(F)c(C(C)(C)N=C=O)c(F)c1. The summed E-state index contributed by atoms with van der Waals surface area (Å²) in [6.07, 6.45) is 1.32. The van der Waals surface area contributed by atoms with E-state index in [1.807, 2.05) is 0 Å². The van der Waals surface area contributed by atoms with Gasteiger partial charge in [-0.25, -0.2) is 13.6 Å². The number of rotatable bonds is 2. The molecule has 0 amide bonds. The molecule has 0 unspecified atom stereocenters. The normalized spacial score (nSPS) is 11.0. The van der Waals surface area contributed by atoms with E-state index < -0.39 is 17.2 Å². The van der Waals surface area contributed by atoms with Gasteiger partial charge >= 0.3 is 0 Å². The Morgan fingerprint density at radius 3 is 2.13 bits per heavy atom. The van der Waals surface area contributed by atoms with Crippen molar-refractivity contribution >= 4 is 6.08 Å². The quantitative estimate of drug-likeness (QED) is 0.546. The number of benzene rings is 1. The first-order valence-corrected chi connectivity index (χ1v) is 4.43. The topological polar surface area (TPSA) is 29.4 Å². The number of aliphatic imine (C=N–C) groups is 1. The summed E-state index contributed by atoms with van der Waals surface area (Å²) >= 11 is 0. The minimum absolute atomic E-state index is 0.212. The van der Waals surface area contributed by atoms with E-state index in [0.29, 0.717) is 5.56 Å². The molecular formula is C11H11F2NO. The first-order valence-electron chi connectivity index (χ1n) is 4.43. The van der Waals surface area contributed by atoms with E-state index in [1.165, 1.54) is 32.1 Å². The molecule has 15 heavy (non-hydrogen) atoms. The lowest BCUT2D eigenvalue weighted by atomic mass is 9.93. The minimum atomic E-state index is -1.23. The summed E-state index contributed by atoms with van der Waals surface area (Å²) in [4.78, 5) is 13.5. The molecule has 0 spiro atoms. The van der Waals surface area contributed by atoms with Gasteiger partial charge in [-0.05, 0) is 38.5 Å². The molecule has 0 aliphatic rings. The lowest BCUT2D eigenvalue weighted by Crippen LogP contribution is -2.18. The Kier molecular flexibility index (Phi) is 3.01. The molecule has 0 aromatic heterocycles. The van der Waals surface area contributed by atoms with Gasteiger partial charge in [-0.1, -0.05) is 0 Å². The Labute approximate surface area is 86.6 Å². The van der Waals surface area contributed by atoms with E-state index in [9.17, 15) is 13.6 Å². The van der Waals surface area contributed by atoms with Crippen LogP contribution in [-0.4, -0.2) is 6.08 Å². The highest BCUT2D eigenvalue weighted by atomic mass is 19.1. The smallest absolute Gasteiger partial charge is 0.211 e. The van der Waals surface area contributed by atoms with Crippen LogP contribution in [0.5, 0.6) is 0 Å². The molecule has 0 saturated heterocycles. The number of nitrogens with zero attached hydrogens (tertiary/aromatic N) is 1. The van der Waals surface area contributed by atoms with Gasteiger partial charge in [0.1, 0.15) is 11.6 Å². The van der Waals surface area contributed by atoms with Gasteiger partial charge in [-0.15, -0.1) is 0 Å². The lowest BCUT2D eigenvalue weighted by molar-refractivity contribution is 0.455. The van der Waals surface area contributed by atoms with Gasteiger partial charge in [0.25, 0.3) is 0 Å². The van der Waals surface area contributed by atoms with E-state index >= 15 is 0 Å². The van der Waals surface area contributed by atoms with Crippen molar-refractivity contribution in [2.24, 2.45) is 4.99 Å². The number of hydrogen-bond acceptors (Lipinski definition) is 2. The number of carbonyl (C=O) groups excluding carboxylic acids is 1. The molecule has 0 saturated carbocycles. The van der Waals surface area contributed by atoms with Crippen molar-refractivity contribution in [2.45, 2.75) is 26.3 Å². The van der Waals surface area contributed by atoms with Crippen molar-refractivity contribution in [3.8, 4) is 0 Å². The third-order valence-electron chi connectivity index (χ3n) is 2.12. The first kappa shape index (κ1) is 11.5. The van der Waals surface area contributed by atoms with Crippen LogP contribution in [0.25, 0.3) is 0 Å². The van der Waals surface area contributed by atoms with Crippen molar-refractivity contribution in [3.63, 3.8) is 0 Å². The van der Waals surface area contributed by atoms with Gasteiger partial charge < -0.3 is 0 Å². The van der Waals surface area contributed by atoms with E-state index in [1.54, 1.807) is 6.92 Å². The second kappa shape index (κ2) is 3.91. The van der Waals surface area contributed by atoms with Crippen molar-refractivity contribution in [3.05, 3.63) is 34.9 Å². The fraction of sp³-hybridized carbons (Fsp3) is 0.364. The second-order valence-corrected chi connectivity index (χ2v) is 3.87. The van der Waals surface area contributed by atoms with Crippen LogP contribution in [0.1, 0.15) is 25.0 Å².